The number of hydrogen-bond donors (Lipinski definition) is 2. The van der Waals surface area contributed by atoms with Crippen molar-refractivity contribution >= 4 is 40.7 Å². The highest BCUT2D eigenvalue weighted by atomic mass is 35.5. The van der Waals surface area contributed by atoms with Gasteiger partial charge in [0, 0.05) is 21.5 Å². The highest BCUT2D eigenvalue weighted by Crippen LogP contribution is 2.44. The molecule has 2 amide bonds. The van der Waals surface area contributed by atoms with E-state index in [2.05, 4.69) is 5.48 Å². The number of anilines is 1. The third kappa shape index (κ3) is 4.63. The molecule has 0 bridgehead atoms. The first-order chi connectivity index (χ1) is 17.4. The number of nitrogens with one attached hydrogen (secondary N) is 1. The molecule has 3 atom stereocenters. The molecule has 182 valence electrons. The Morgan fingerprint density at radius 2 is 1.72 bits per heavy atom. The molecule has 8 heteroatoms. The van der Waals surface area contributed by atoms with Gasteiger partial charge < -0.3 is 5.11 Å². The molecule has 36 heavy (non-hydrogen) atoms. The topological polar surface area (TPSA) is 78.9 Å². The van der Waals surface area contributed by atoms with E-state index < -0.39 is 17.9 Å². The fraction of sp³-hybridized carbons (Fsp3) is 0.143. The van der Waals surface area contributed by atoms with Gasteiger partial charge in [0.2, 0.25) is 0 Å². The molecule has 1 heterocycles. The third-order valence-corrected chi connectivity index (χ3v) is 6.86. The van der Waals surface area contributed by atoms with E-state index in [4.69, 9.17) is 28.0 Å². The number of allylic oxidation sites excluding steroid dienone is 2. The van der Waals surface area contributed by atoms with Crippen molar-refractivity contribution in [3.63, 3.8) is 0 Å². The number of benzene rings is 3. The van der Waals surface area contributed by atoms with Crippen LogP contribution in [0.4, 0.5) is 5.69 Å². The summed E-state index contributed by atoms with van der Waals surface area (Å²) in [5.41, 5.74) is 4.68. The van der Waals surface area contributed by atoms with Crippen LogP contribution in [0.15, 0.2) is 96.1 Å². The summed E-state index contributed by atoms with van der Waals surface area (Å²) in [6.07, 6.45) is 5.40. The third-order valence-electron chi connectivity index (χ3n) is 6.36. The van der Waals surface area contributed by atoms with Crippen LogP contribution in [0.2, 0.25) is 5.02 Å². The van der Waals surface area contributed by atoms with E-state index in [0.29, 0.717) is 26.9 Å². The molecular formula is C28H22Cl2N2O4. The van der Waals surface area contributed by atoms with Crippen molar-refractivity contribution in [3.8, 4) is 5.75 Å². The van der Waals surface area contributed by atoms with Crippen molar-refractivity contribution in [2.75, 3.05) is 4.90 Å². The molecule has 0 spiro atoms. The Morgan fingerprint density at radius 1 is 1.00 bits per heavy atom. The second kappa shape index (κ2) is 10.2. The highest BCUT2D eigenvalue weighted by Gasteiger charge is 2.47. The number of rotatable bonds is 6. The average molecular weight is 521 g/mol. The Bertz CT molecular complexity index is 1370. The number of phenolic OH excluding ortho intramolecular Hbond substituents is 1. The van der Waals surface area contributed by atoms with Crippen LogP contribution in [-0.4, -0.2) is 23.0 Å². The molecule has 0 aromatic heterocycles. The van der Waals surface area contributed by atoms with Gasteiger partial charge in [0.05, 0.1) is 24.3 Å². The minimum atomic E-state index is -0.808. The maximum absolute atomic E-state index is 13.8. The van der Waals surface area contributed by atoms with Crippen molar-refractivity contribution in [1.82, 2.24) is 5.48 Å². The molecule has 2 N–H and O–H groups in total. The first kappa shape index (κ1) is 24.1. The van der Waals surface area contributed by atoms with Gasteiger partial charge in [-0.15, -0.1) is 0 Å². The maximum Gasteiger partial charge on any atom is 0.259 e. The first-order valence-electron chi connectivity index (χ1n) is 11.4. The van der Waals surface area contributed by atoms with Gasteiger partial charge in [-0.1, -0.05) is 77.8 Å². The van der Waals surface area contributed by atoms with Gasteiger partial charge in [-0.2, -0.15) is 0 Å². The SMILES string of the molecule is O=C(NOCc1ccc(Cl)cc1)[C@@H]1c2ccccc2C(=O)N(c2ccccc2O)[C@H]1C1C=CC(Cl)=C1. The quantitative estimate of drug-likeness (QED) is 0.407. The lowest BCUT2D eigenvalue weighted by molar-refractivity contribution is -0.136. The van der Waals surface area contributed by atoms with Gasteiger partial charge in [0.15, 0.2) is 0 Å². The van der Waals surface area contributed by atoms with E-state index in [0.717, 1.165) is 5.56 Å². The Hall–Kier alpha value is -3.58. The fourth-order valence-corrected chi connectivity index (χ4v) is 5.08. The van der Waals surface area contributed by atoms with Crippen molar-refractivity contribution in [1.29, 1.82) is 0 Å². The zero-order chi connectivity index (χ0) is 25.2. The number of amides is 2. The van der Waals surface area contributed by atoms with Gasteiger partial charge in [-0.3, -0.25) is 19.3 Å². The zero-order valence-corrected chi connectivity index (χ0v) is 20.5. The number of carbonyl (C=O) groups excluding carboxylic acids is 2. The lowest BCUT2D eigenvalue weighted by atomic mass is 9.76. The number of nitrogens with zero attached hydrogens (tertiary/aromatic N) is 1. The van der Waals surface area contributed by atoms with Crippen LogP contribution in [-0.2, 0) is 16.2 Å². The Kier molecular flexibility index (Phi) is 6.83. The Labute approximate surface area is 218 Å². The summed E-state index contributed by atoms with van der Waals surface area (Å²) in [5, 5.41) is 11.8. The smallest absolute Gasteiger partial charge is 0.259 e. The molecule has 3 aromatic carbocycles. The molecule has 1 aliphatic carbocycles. The lowest BCUT2D eigenvalue weighted by Gasteiger charge is -2.43. The van der Waals surface area contributed by atoms with Gasteiger partial charge in [-0.25, -0.2) is 5.48 Å². The number of fused-ring (bicyclic) bond motifs is 1. The van der Waals surface area contributed by atoms with Crippen LogP contribution in [0.5, 0.6) is 5.75 Å². The predicted molar refractivity (Wildman–Crippen MR) is 139 cm³/mol. The predicted octanol–water partition coefficient (Wildman–Crippen LogP) is 5.71. The fourth-order valence-electron chi connectivity index (χ4n) is 4.73. The number of phenols is 1. The summed E-state index contributed by atoms with van der Waals surface area (Å²) in [7, 11) is 0. The van der Waals surface area contributed by atoms with Crippen LogP contribution in [0.3, 0.4) is 0 Å². The molecular weight excluding hydrogens is 499 g/mol. The highest BCUT2D eigenvalue weighted by molar-refractivity contribution is 6.31. The number of halogens is 2. The largest absolute Gasteiger partial charge is 0.506 e. The van der Waals surface area contributed by atoms with Crippen LogP contribution >= 0.6 is 23.2 Å². The molecule has 0 saturated carbocycles. The van der Waals surface area contributed by atoms with Crippen molar-refractivity contribution in [2.45, 2.75) is 18.6 Å². The molecule has 1 aliphatic heterocycles. The minimum absolute atomic E-state index is 0.0644. The normalized spacial score (nSPS) is 20.7. The summed E-state index contributed by atoms with van der Waals surface area (Å²) >= 11 is 12.2. The number of carbonyl (C=O) groups is 2. The molecule has 6 nitrogen and oxygen atoms in total. The molecule has 0 saturated heterocycles. The van der Waals surface area contributed by atoms with E-state index >= 15 is 0 Å². The summed E-state index contributed by atoms with van der Waals surface area (Å²) in [5.74, 6) is -1.98. The zero-order valence-electron chi connectivity index (χ0n) is 19.0. The van der Waals surface area contributed by atoms with E-state index in [-0.39, 0.29) is 24.2 Å². The summed E-state index contributed by atoms with van der Waals surface area (Å²) in [4.78, 5) is 34.5. The minimum Gasteiger partial charge on any atom is -0.506 e. The summed E-state index contributed by atoms with van der Waals surface area (Å²) in [6, 6.07) is 20.0. The summed E-state index contributed by atoms with van der Waals surface area (Å²) in [6.45, 7) is 0.138. The van der Waals surface area contributed by atoms with Crippen LogP contribution < -0.4 is 10.4 Å². The standard InChI is InChI=1S/C28H22Cl2N2O4/c29-19-12-9-17(10-13-19)16-36-31-27(34)25-21-5-1-2-6-22(21)28(35)32(23-7-3-4-8-24(23)33)26(25)18-11-14-20(30)15-18/h1-15,18,25-26,33H,16H2,(H,31,34)/t18?,25-,26+/m1/s1. The van der Waals surface area contributed by atoms with Gasteiger partial charge in [-0.05, 0) is 47.5 Å². The maximum atomic E-state index is 13.8. The van der Waals surface area contributed by atoms with Gasteiger partial charge in [0.1, 0.15) is 5.75 Å². The average Bonchev–Trinajstić information content (AvgIpc) is 3.31. The van der Waals surface area contributed by atoms with Crippen LogP contribution in [0.25, 0.3) is 0 Å². The van der Waals surface area contributed by atoms with Crippen LogP contribution in [0, 0.1) is 5.92 Å². The van der Waals surface area contributed by atoms with Crippen molar-refractivity contribution in [3.05, 3.63) is 118 Å². The molecule has 0 radical (unpaired) electrons. The van der Waals surface area contributed by atoms with E-state index in [1.165, 1.54) is 11.0 Å². The number of hydroxylamine groups is 1. The molecule has 5 rings (SSSR count). The first-order valence-corrected chi connectivity index (χ1v) is 12.1. The lowest BCUT2D eigenvalue weighted by Crippen LogP contribution is -2.55. The Morgan fingerprint density at radius 3 is 2.44 bits per heavy atom. The van der Waals surface area contributed by atoms with E-state index in [9.17, 15) is 14.7 Å². The summed E-state index contributed by atoms with van der Waals surface area (Å²) < 4.78 is 0. The molecule has 0 fully saturated rings. The van der Waals surface area contributed by atoms with Crippen molar-refractivity contribution < 1.29 is 19.5 Å². The molecule has 2 aliphatic rings. The molecule has 1 unspecified atom stereocenters. The molecule has 3 aromatic rings. The number of para-hydroxylation sites is 2. The van der Waals surface area contributed by atoms with Crippen molar-refractivity contribution in [2.24, 2.45) is 5.92 Å². The van der Waals surface area contributed by atoms with E-state index in [1.54, 1.807) is 66.7 Å². The second-order valence-electron chi connectivity index (χ2n) is 8.59. The number of aromatic hydroxyl groups is 1. The number of hydrogen-bond acceptors (Lipinski definition) is 4. The second-order valence-corrected chi connectivity index (χ2v) is 9.46. The van der Waals surface area contributed by atoms with Crippen LogP contribution in [0.1, 0.15) is 27.4 Å². The van der Waals surface area contributed by atoms with Gasteiger partial charge >= 0.3 is 0 Å². The monoisotopic (exact) mass is 520 g/mol. The van der Waals surface area contributed by atoms with Gasteiger partial charge in [0.25, 0.3) is 11.8 Å². The van der Waals surface area contributed by atoms with E-state index in [1.807, 2.05) is 18.2 Å². The Balaban J connectivity index is 1.53.